The van der Waals surface area contributed by atoms with Crippen LogP contribution >= 0.6 is 0 Å². The first-order valence-electron chi connectivity index (χ1n) is 5.67. The Labute approximate surface area is 105 Å². The molecule has 18 heavy (non-hydrogen) atoms. The summed E-state index contributed by atoms with van der Waals surface area (Å²) in [6.45, 7) is 2.18. The topological polar surface area (TPSA) is 67.2 Å². The highest BCUT2D eigenvalue weighted by Gasteiger charge is 2.07. The molecule has 0 aliphatic heterocycles. The highest BCUT2D eigenvalue weighted by atomic mass is 16.5. The molecule has 0 radical (unpaired) electrons. The molecular weight excluding hydrogens is 230 g/mol. The van der Waals surface area contributed by atoms with Gasteiger partial charge in [0, 0.05) is 24.4 Å². The molecule has 1 aromatic heterocycles. The minimum Gasteiger partial charge on any atom is -0.388 e. The first kappa shape index (κ1) is 12.2. The van der Waals surface area contributed by atoms with Gasteiger partial charge in [-0.3, -0.25) is 4.79 Å². The lowest BCUT2D eigenvalue weighted by atomic mass is 10.2. The molecule has 1 heterocycles. The van der Waals surface area contributed by atoms with E-state index in [9.17, 15) is 4.79 Å². The van der Waals surface area contributed by atoms with Gasteiger partial charge in [-0.2, -0.15) is 0 Å². The van der Waals surface area contributed by atoms with Crippen LogP contribution in [0.15, 0.2) is 34.9 Å². The minimum absolute atomic E-state index is 0.133. The van der Waals surface area contributed by atoms with Crippen LogP contribution in [0.4, 0.5) is 5.69 Å². The first-order chi connectivity index (χ1) is 8.69. The highest BCUT2D eigenvalue weighted by molar-refractivity contribution is 5.94. The quantitative estimate of drug-likeness (QED) is 0.864. The van der Waals surface area contributed by atoms with Gasteiger partial charge in [-0.15, -0.1) is 0 Å². The first-order valence-corrected chi connectivity index (χ1v) is 5.67. The molecule has 0 saturated heterocycles. The van der Waals surface area contributed by atoms with Crippen LogP contribution in [0.3, 0.4) is 0 Å². The Hall–Kier alpha value is -2.30. The van der Waals surface area contributed by atoms with Crippen molar-refractivity contribution in [3.8, 4) is 0 Å². The number of carbonyl (C=O) groups excluding carboxylic acids is 1. The lowest BCUT2D eigenvalue weighted by Gasteiger charge is -2.04. The molecule has 0 spiro atoms. The van der Waals surface area contributed by atoms with Gasteiger partial charge >= 0.3 is 0 Å². The number of benzene rings is 1. The Morgan fingerprint density at radius 3 is 2.61 bits per heavy atom. The fourth-order valence-electron chi connectivity index (χ4n) is 1.56. The monoisotopic (exact) mass is 245 g/mol. The van der Waals surface area contributed by atoms with Crippen molar-refractivity contribution >= 4 is 11.6 Å². The molecule has 0 bridgehead atoms. The van der Waals surface area contributed by atoms with Crippen molar-refractivity contribution in [2.75, 3.05) is 12.4 Å². The zero-order valence-corrected chi connectivity index (χ0v) is 10.4. The summed E-state index contributed by atoms with van der Waals surface area (Å²) in [4.78, 5) is 11.8. The molecule has 5 heteroatoms. The number of amides is 1. The van der Waals surface area contributed by atoms with E-state index in [1.807, 2.05) is 26.1 Å². The molecule has 0 fully saturated rings. The molecule has 0 unspecified atom stereocenters. The van der Waals surface area contributed by atoms with Crippen molar-refractivity contribution in [2.45, 2.75) is 13.5 Å². The average molecular weight is 245 g/mol. The number of aromatic nitrogens is 1. The SMILES string of the molecule is CNc1ccc(C(=O)NCc2cc(C)no2)cc1. The summed E-state index contributed by atoms with van der Waals surface area (Å²) in [6, 6.07) is 9.05. The third kappa shape index (κ3) is 2.88. The van der Waals surface area contributed by atoms with Crippen molar-refractivity contribution in [1.29, 1.82) is 0 Å². The van der Waals surface area contributed by atoms with Gasteiger partial charge in [-0.05, 0) is 31.2 Å². The second kappa shape index (κ2) is 5.35. The molecule has 0 atom stereocenters. The van der Waals surface area contributed by atoms with Crippen LogP contribution in [0.25, 0.3) is 0 Å². The van der Waals surface area contributed by atoms with Gasteiger partial charge in [0.2, 0.25) is 0 Å². The van der Waals surface area contributed by atoms with E-state index in [0.717, 1.165) is 11.4 Å². The summed E-state index contributed by atoms with van der Waals surface area (Å²) >= 11 is 0. The molecule has 94 valence electrons. The van der Waals surface area contributed by atoms with E-state index < -0.39 is 0 Å². The second-order valence-electron chi connectivity index (χ2n) is 3.94. The Balaban J connectivity index is 1.94. The largest absolute Gasteiger partial charge is 0.388 e. The van der Waals surface area contributed by atoms with Crippen molar-refractivity contribution in [2.24, 2.45) is 0 Å². The van der Waals surface area contributed by atoms with Crippen molar-refractivity contribution < 1.29 is 9.32 Å². The summed E-state index contributed by atoms with van der Waals surface area (Å²) in [5, 5.41) is 9.53. The summed E-state index contributed by atoms with van der Waals surface area (Å²) in [5.41, 5.74) is 2.39. The van der Waals surface area contributed by atoms with Crippen LogP contribution in [0.5, 0.6) is 0 Å². The number of anilines is 1. The zero-order valence-electron chi connectivity index (χ0n) is 10.4. The van der Waals surface area contributed by atoms with Crippen LogP contribution in [-0.4, -0.2) is 18.1 Å². The lowest BCUT2D eigenvalue weighted by Crippen LogP contribution is -2.22. The van der Waals surface area contributed by atoms with Gasteiger partial charge in [-0.1, -0.05) is 5.16 Å². The zero-order chi connectivity index (χ0) is 13.0. The maximum absolute atomic E-state index is 11.8. The van der Waals surface area contributed by atoms with Crippen LogP contribution in [0, 0.1) is 6.92 Å². The van der Waals surface area contributed by atoms with Crippen molar-refractivity contribution in [3.05, 3.63) is 47.3 Å². The van der Waals surface area contributed by atoms with E-state index in [1.165, 1.54) is 0 Å². The van der Waals surface area contributed by atoms with Gasteiger partial charge in [0.1, 0.15) is 0 Å². The molecule has 5 nitrogen and oxygen atoms in total. The standard InChI is InChI=1S/C13H15N3O2/c1-9-7-12(18-16-9)8-15-13(17)10-3-5-11(14-2)6-4-10/h3-7,14H,8H2,1-2H3,(H,15,17). The summed E-state index contributed by atoms with van der Waals surface area (Å²) in [6.07, 6.45) is 0. The number of hydrogen-bond donors (Lipinski definition) is 2. The number of hydrogen-bond acceptors (Lipinski definition) is 4. The molecule has 1 aromatic carbocycles. The number of nitrogens with one attached hydrogen (secondary N) is 2. The van der Waals surface area contributed by atoms with E-state index >= 15 is 0 Å². The molecule has 2 aromatic rings. The van der Waals surface area contributed by atoms with Crippen LogP contribution in [0.2, 0.25) is 0 Å². The maximum atomic E-state index is 11.8. The molecule has 0 saturated carbocycles. The van der Waals surface area contributed by atoms with E-state index in [1.54, 1.807) is 18.2 Å². The van der Waals surface area contributed by atoms with Crippen molar-refractivity contribution in [3.63, 3.8) is 0 Å². The van der Waals surface area contributed by atoms with Gasteiger partial charge in [-0.25, -0.2) is 0 Å². The smallest absolute Gasteiger partial charge is 0.251 e. The third-order valence-electron chi connectivity index (χ3n) is 2.54. The highest BCUT2D eigenvalue weighted by Crippen LogP contribution is 2.09. The molecule has 1 amide bonds. The van der Waals surface area contributed by atoms with Gasteiger partial charge in [0.15, 0.2) is 5.76 Å². The predicted octanol–water partition coefficient (Wildman–Crippen LogP) is 1.95. The Morgan fingerprint density at radius 1 is 1.33 bits per heavy atom. The molecule has 2 rings (SSSR count). The maximum Gasteiger partial charge on any atom is 0.251 e. The van der Waals surface area contributed by atoms with Gasteiger partial charge in [0.05, 0.1) is 12.2 Å². The minimum atomic E-state index is -0.133. The Morgan fingerprint density at radius 2 is 2.06 bits per heavy atom. The van der Waals surface area contributed by atoms with Crippen LogP contribution in [0.1, 0.15) is 21.8 Å². The van der Waals surface area contributed by atoms with Crippen molar-refractivity contribution in [1.82, 2.24) is 10.5 Å². The summed E-state index contributed by atoms with van der Waals surface area (Å²) in [7, 11) is 1.83. The van der Waals surface area contributed by atoms with E-state index in [0.29, 0.717) is 17.9 Å². The van der Waals surface area contributed by atoms with E-state index in [4.69, 9.17) is 4.52 Å². The molecule has 2 N–H and O–H groups in total. The van der Waals surface area contributed by atoms with Gasteiger partial charge in [0.25, 0.3) is 5.91 Å². The summed E-state index contributed by atoms with van der Waals surface area (Å²) in [5.74, 6) is 0.513. The number of carbonyl (C=O) groups is 1. The number of aryl methyl sites for hydroxylation is 1. The Bertz CT molecular complexity index is 531. The fraction of sp³-hybridized carbons (Fsp3) is 0.231. The Kier molecular flexibility index (Phi) is 3.62. The predicted molar refractivity (Wildman–Crippen MR) is 68.4 cm³/mol. The molecule has 0 aliphatic carbocycles. The fourth-order valence-corrected chi connectivity index (χ4v) is 1.56. The molecule has 0 aliphatic rings. The van der Waals surface area contributed by atoms with E-state index in [-0.39, 0.29) is 5.91 Å². The van der Waals surface area contributed by atoms with E-state index in [2.05, 4.69) is 15.8 Å². The number of rotatable bonds is 4. The van der Waals surface area contributed by atoms with Crippen LogP contribution < -0.4 is 10.6 Å². The summed E-state index contributed by atoms with van der Waals surface area (Å²) < 4.78 is 5.01. The third-order valence-corrected chi connectivity index (χ3v) is 2.54. The normalized spacial score (nSPS) is 10.1. The number of nitrogens with zero attached hydrogens (tertiary/aromatic N) is 1. The molecular formula is C13H15N3O2. The lowest BCUT2D eigenvalue weighted by molar-refractivity contribution is 0.0947. The van der Waals surface area contributed by atoms with Crippen LogP contribution in [-0.2, 0) is 6.54 Å². The second-order valence-corrected chi connectivity index (χ2v) is 3.94. The average Bonchev–Trinajstić information content (AvgIpc) is 2.82. The van der Waals surface area contributed by atoms with Gasteiger partial charge < -0.3 is 15.2 Å².